The molecule has 4 heteroatoms. The van der Waals surface area contributed by atoms with Crippen molar-refractivity contribution in [3.8, 4) is 0 Å². The maximum atomic E-state index is 5.17. The van der Waals surface area contributed by atoms with Crippen molar-refractivity contribution in [3.63, 3.8) is 0 Å². The zero-order chi connectivity index (χ0) is 9.90. The second kappa shape index (κ2) is 9.77. The first-order valence-corrected chi connectivity index (χ1v) is 6.59. The van der Waals surface area contributed by atoms with Gasteiger partial charge in [0.2, 0.25) is 0 Å². The highest BCUT2D eigenvalue weighted by Crippen LogP contribution is 2.05. The summed E-state index contributed by atoms with van der Waals surface area (Å²) >= 11 is 1.99. The van der Waals surface area contributed by atoms with Crippen molar-refractivity contribution >= 4 is 11.8 Å². The molecular weight excluding hydrogens is 198 g/mol. The van der Waals surface area contributed by atoms with Crippen molar-refractivity contribution in [1.29, 1.82) is 0 Å². The Kier molecular flexibility index (Phi) is 8.59. The van der Waals surface area contributed by atoms with Crippen LogP contribution in [0.25, 0.3) is 0 Å². The first-order valence-electron chi connectivity index (χ1n) is 5.44. The Balaban J connectivity index is 0.000000140. The monoisotopic (exact) mass is 219 g/mol. The van der Waals surface area contributed by atoms with Gasteiger partial charge in [-0.3, -0.25) is 0 Å². The number of thioether (sulfide) groups is 1. The maximum absolute atomic E-state index is 5.17. The number of nitrogens with one attached hydrogen (secondary N) is 1. The van der Waals surface area contributed by atoms with Crippen LogP contribution in [0, 0.1) is 0 Å². The molecule has 0 spiro atoms. The van der Waals surface area contributed by atoms with E-state index < -0.39 is 0 Å². The lowest BCUT2D eigenvalue weighted by Gasteiger charge is -1.91. The van der Waals surface area contributed by atoms with Crippen molar-refractivity contribution in [2.75, 3.05) is 51.0 Å². The van der Waals surface area contributed by atoms with Gasteiger partial charge in [-0.2, -0.15) is 11.8 Å². The van der Waals surface area contributed by atoms with E-state index >= 15 is 0 Å². The highest BCUT2D eigenvalue weighted by Gasteiger charge is 1.95. The molecule has 0 aliphatic carbocycles. The quantitative estimate of drug-likeness (QED) is 0.662. The normalized spacial score (nSPS) is 24.0. The van der Waals surface area contributed by atoms with Gasteiger partial charge in [0.1, 0.15) is 0 Å². The first kappa shape index (κ1) is 12.3. The van der Waals surface area contributed by atoms with Crippen LogP contribution in [0.3, 0.4) is 0 Å². The molecule has 0 amide bonds. The topological polar surface area (TPSA) is 30.5 Å². The largest absolute Gasteiger partial charge is 0.381 e. The summed E-state index contributed by atoms with van der Waals surface area (Å²) in [5.41, 5.74) is 0. The lowest BCUT2D eigenvalue weighted by molar-refractivity contribution is 0.151. The Morgan fingerprint density at radius 2 is 1.64 bits per heavy atom. The summed E-state index contributed by atoms with van der Waals surface area (Å²) in [5.74, 6) is 2.49. The van der Waals surface area contributed by atoms with Crippen molar-refractivity contribution in [2.45, 2.75) is 12.8 Å². The first-order chi connectivity index (χ1) is 7.00. The van der Waals surface area contributed by atoms with Crippen LogP contribution in [0.5, 0.6) is 0 Å². The fourth-order valence-corrected chi connectivity index (χ4v) is 2.02. The van der Waals surface area contributed by atoms with E-state index in [9.17, 15) is 0 Å². The van der Waals surface area contributed by atoms with Crippen LogP contribution in [-0.4, -0.2) is 51.0 Å². The Morgan fingerprint density at radius 1 is 0.786 bits per heavy atom. The lowest BCUT2D eigenvalue weighted by Crippen LogP contribution is -2.15. The number of ether oxygens (including phenoxy) is 2. The van der Waals surface area contributed by atoms with E-state index in [2.05, 4.69) is 5.32 Å². The molecule has 0 aromatic heterocycles. The minimum Gasteiger partial charge on any atom is -0.381 e. The number of hydrogen-bond acceptors (Lipinski definition) is 4. The Hall–Kier alpha value is 0.230. The van der Waals surface area contributed by atoms with Gasteiger partial charge >= 0.3 is 0 Å². The highest BCUT2D eigenvalue weighted by molar-refractivity contribution is 7.99. The molecule has 2 fully saturated rings. The summed E-state index contributed by atoms with van der Waals surface area (Å²) in [6.07, 6.45) is 2.41. The molecule has 0 aromatic carbocycles. The van der Waals surface area contributed by atoms with Crippen molar-refractivity contribution in [1.82, 2.24) is 5.32 Å². The fraction of sp³-hybridized carbons (Fsp3) is 1.00. The molecule has 2 heterocycles. The SMILES string of the molecule is C1CNCCOC1.C1COCCSC1. The average Bonchev–Trinajstić information content (AvgIpc) is 2.68. The van der Waals surface area contributed by atoms with Gasteiger partial charge in [-0.25, -0.2) is 0 Å². The van der Waals surface area contributed by atoms with Crippen LogP contribution in [0.1, 0.15) is 12.8 Å². The summed E-state index contributed by atoms with van der Waals surface area (Å²) in [7, 11) is 0. The van der Waals surface area contributed by atoms with Crippen LogP contribution in [0.15, 0.2) is 0 Å². The van der Waals surface area contributed by atoms with Crippen LogP contribution in [-0.2, 0) is 9.47 Å². The molecular formula is C10H21NO2S. The summed E-state index contributed by atoms with van der Waals surface area (Å²) in [4.78, 5) is 0. The number of hydrogen-bond donors (Lipinski definition) is 1. The van der Waals surface area contributed by atoms with Crippen LogP contribution >= 0.6 is 11.8 Å². The molecule has 1 N–H and O–H groups in total. The Labute approximate surface area is 90.9 Å². The van der Waals surface area contributed by atoms with Crippen LogP contribution in [0.2, 0.25) is 0 Å². The molecule has 2 saturated heterocycles. The molecule has 0 radical (unpaired) electrons. The molecule has 3 nitrogen and oxygen atoms in total. The number of rotatable bonds is 0. The summed E-state index contributed by atoms with van der Waals surface area (Å²) in [6.45, 7) is 5.92. The average molecular weight is 219 g/mol. The van der Waals surface area contributed by atoms with Gasteiger partial charge in [0, 0.05) is 25.5 Å². The van der Waals surface area contributed by atoms with Gasteiger partial charge in [0.15, 0.2) is 0 Å². The predicted molar refractivity (Wildman–Crippen MR) is 61.1 cm³/mol. The Bertz CT molecular complexity index is 71.4. The van der Waals surface area contributed by atoms with Gasteiger partial charge in [-0.1, -0.05) is 0 Å². The summed E-state index contributed by atoms with van der Waals surface area (Å²) in [5, 5.41) is 3.22. The minimum absolute atomic E-state index is 0.889. The third-order valence-electron chi connectivity index (χ3n) is 2.01. The van der Waals surface area contributed by atoms with Crippen LogP contribution in [0.4, 0.5) is 0 Å². The summed E-state index contributed by atoms with van der Waals surface area (Å²) < 4.78 is 10.3. The molecule has 0 bridgehead atoms. The van der Waals surface area contributed by atoms with Crippen molar-refractivity contribution < 1.29 is 9.47 Å². The second-order valence-electron chi connectivity index (χ2n) is 3.29. The molecule has 2 aliphatic heterocycles. The van der Waals surface area contributed by atoms with Gasteiger partial charge in [0.25, 0.3) is 0 Å². The van der Waals surface area contributed by atoms with Gasteiger partial charge in [0.05, 0.1) is 13.2 Å². The van der Waals surface area contributed by atoms with E-state index in [4.69, 9.17) is 9.47 Å². The van der Waals surface area contributed by atoms with E-state index in [-0.39, 0.29) is 0 Å². The predicted octanol–water partition coefficient (Wildman–Crippen LogP) is 1.14. The van der Waals surface area contributed by atoms with E-state index in [0.717, 1.165) is 39.5 Å². The highest BCUT2D eigenvalue weighted by atomic mass is 32.2. The zero-order valence-electron chi connectivity index (χ0n) is 8.80. The van der Waals surface area contributed by atoms with Gasteiger partial charge < -0.3 is 14.8 Å². The molecule has 0 aromatic rings. The Morgan fingerprint density at radius 3 is 2.64 bits per heavy atom. The fourth-order valence-electron chi connectivity index (χ4n) is 1.26. The molecule has 2 rings (SSSR count). The van der Waals surface area contributed by atoms with Crippen LogP contribution < -0.4 is 5.32 Å². The van der Waals surface area contributed by atoms with Crippen molar-refractivity contribution in [2.24, 2.45) is 0 Å². The molecule has 0 unspecified atom stereocenters. The third kappa shape index (κ3) is 7.62. The summed E-state index contributed by atoms with van der Waals surface area (Å²) in [6, 6.07) is 0. The van der Waals surface area contributed by atoms with Crippen molar-refractivity contribution in [3.05, 3.63) is 0 Å². The van der Waals surface area contributed by atoms with E-state index in [1.54, 1.807) is 0 Å². The second-order valence-corrected chi connectivity index (χ2v) is 4.52. The minimum atomic E-state index is 0.889. The van der Waals surface area contributed by atoms with Gasteiger partial charge in [-0.05, 0) is 25.1 Å². The van der Waals surface area contributed by atoms with E-state index in [1.165, 1.54) is 24.3 Å². The third-order valence-corrected chi connectivity index (χ3v) is 3.05. The zero-order valence-corrected chi connectivity index (χ0v) is 9.61. The standard InChI is InChI=1S/C5H11NO.C5H10OS/c2*1-2-6-3-5-7-4-1/h6H,1-5H2;1-5H2. The molecule has 84 valence electrons. The maximum Gasteiger partial charge on any atom is 0.0590 e. The molecule has 14 heavy (non-hydrogen) atoms. The molecule has 0 saturated carbocycles. The molecule has 0 atom stereocenters. The smallest absolute Gasteiger partial charge is 0.0590 e. The van der Waals surface area contributed by atoms with E-state index in [1.807, 2.05) is 11.8 Å². The van der Waals surface area contributed by atoms with E-state index in [0.29, 0.717) is 0 Å². The lowest BCUT2D eigenvalue weighted by atomic mass is 10.5. The van der Waals surface area contributed by atoms with Gasteiger partial charge in [-0.15, -0.1) is 0 Å². The molecule has 2 aliphatic rings.